The van der Waals surface area contributed by atoms with Gasteiger partial charge in [-0.15, -0.1) is 0 Å². The Bertz CT molecular complexity index is 1010. The third-order valence-corrected chi connectivity index (χ3v) is 5.44. The average molecular weight is 471 g/mol. The van der Waals surface area contributed by atoms with E-state index in [1.807, 2.05) is 0 Å². The standard InChI is InChI=1S/C23H30N6O5/c1-23(2,33-3)21(31)29-22(32)28-19-5-4-18(14-26-19)34-17-8-11-25-16(12-17)13-27-20(30)15-6-9-24-10-7-15/h4-5,8,11-12,14-15,24H,6-7,9-10,13H2,1-3H3,(H,27,30)(H2,26,28,29,31,32). The van der Waals surface area contributed by atoms with Crippen LogP contribution in [-0.2, 0) is 20.9 Å². The average Bonchev–Trinajstić information content (AvgIpc) is 2.84. The van der Waals surface area contributed by atoms with Gasteiger partial charge in [-0.3, -0.25) is 25.2 Å². The smallest absolute Gasteiger partial charge is 0.327 e. The molecule has 182 valence electrons. The molecular formula is C23H30N6O5. The molecule has 3 rings (SSSR count). The van der Waals surface area contributed by atoms with Gasteiger partial charge in [-0.2, -0.15) is 0 Å². The summed E-state index contributed by atoms with van der Waals surface area (Å²) < 4.78 is 10.8. The number of hydrogen-bond donors (Lipinski definition) is 4. The Kier molecular flexibility index (Phi) is 8.50. The van der Waals surface area contributed by atoms with Crippen molar-refractivity contribution in [2.24, 2.45) is 5.92 Å². The van der Waals surface area contributed by atoms with Crippen LogP contribution in [0.25, 0.3) is 0 Å². The van der Waals surface area contributed by atoms with Crippen molar-refractivity contribution >= 4 is 23.7 Å². The fourth-order valence-corrected chi connectivity index (χ4v) is 3.17. The molecule has 0 aromatic carbocycles. The Hall–Kier alpha value is -3.57. The van der Waals surface area contributed by atoms with E-state index in [1.54, 1.807) is 44.3 Å². The van der Waals surface area contributed by atoms with E-state index < -0.39 is 17.5 Å². The number of rotatable bonds is 8. The summed E-state index contributed by atoms with van der Waals surface area (Å²) >= 11 is 0. The molecule has 3 heterocycles. The molecule has 0 saturated carbocycles. The Morgan fingerprint density at radius 2 is 1.88 bits per heavy atom. The second-order valence-electron chi connectivity index (χ2n) is 8.33. The summed E-state index contributed by atoms with van der Waals surface area (Å²) in [6.45, 7) is 5.13. The first-order valence-electron chi connectivity index (χ1n) is 11.0. The fourth-order valence-electron chi connectivity index (χ4n) is 3.17. The van der Waals surface area contributed by atoms with E-state index in [4.69, 9.17) is 9.47 Å². The van der Waals surface area contributed by atoms with Crippen LogP contribution in [0.4, 0.5) is 10.6 Å². The molecule has 0 spiro atoms. The predicted molar refractivity (Wildman–Crippen MR) is 124 cm³/mol. The van der Waals surface area contributed by atoms with Crippen LogP contribution in [0.1, 0.15) is 32.4 Å². The van der Waals surface area contributed by atoms with E-state index in [1.165, 1.54) is 13.3 Å². The topological polar surface area (TPSA) is 144 Å². The number of pyridine rings is 2. The lowest BCUT2D eigenvalue weighted by molar-refractivity contribution is -0.138. The van der Waals surface area contributed by atoms with E-state index in [9.17, 15) is 14.4 Å². The van der Waals surface area contributed by atoms with Crippen molar-refractivity contribution in [2.75, 3.05) is 25.5 Å². The van der Waals surface area contributed by atoms with Crippen molar-refractivity contribution in [2.45, 2.75) is 38.8 Å². The maximum atomic E-state index is 12.3. The lowest BCUT2D eigenvalue weighted by atomic mass is 9.97. The number of carbonyl (C=O) groups excluding carboxylic acids is 3. The lowest BCUT2D eigenvalue weighted by Crippen LogP contribution is -2.47. The number of aromatic nitrogens is 2. The van der Waals surface area contributed by atoms with Crippen molar-refractivity contribution in [3.8, 4) is 11.5 Å². The third kappa shape index (κ3) is 7.22. The number of amides is 4. The van der Waals surface area contributed by atoms with Gasteiger partial charge in [-0.05, 0) is 58.0 Å². The first kappa shape index (κ1) is 25.1. The number of methoxy groups -OCH3 is 1. The molecule has 1 aliphatic rings. The van der Waals surface area contributed by atoms with Gasteiger partial charge < -0.3 is 20.1 Å². The molecular weight excluding hydrogens is 440 g/mol. The highest BCUT2D eigenvalue weighted by Gasteiger charge is 2.28. The van der Waals surface area contributed by atoms with Gasteiger partial charge in [0.15, 0.2) is 0 Å². The van der Waals surface area contributed by atoms with E-state index in [-0.39, 0.29) is 17.6 Å². The zero-order chi connectivity index (χ0) is 24.6. The highest BCUT2D eigenvalue weighted by Crippen LogP contribution is 2.22. The van der Waals surface area contributed by atoms with Crippen LogP contribution in [0, 0.1) is 5.92 Å². The van der Waals surface area contributed by atoms with Crippen LogP contribution in [-0.4, -0.2) is 53.6 Å². The molecule has 1 aliphatic heterocycles. The summed E-state index contributed by atoms with van der Waals surface area (Å²) in [6.07, 6.45) is 4.72. The van der Waals surface area contributed by atoms with Crippen molar-refractivity contribution < 1.29 is 23.9 Å². The van der Waals surface area contributed by atoms with Crippen molar-refractivity contribution in [1.82, 2.24) is 25.9 Å². The van der Waals surface area contributed by atoms with Crippen molar-refractivity contribution in [1.29, 1.82) is 0 Å². The number of ether oxygens (including phenoxy) is 2. The van der Waals surface area contributed by atoms with Crippen molar-refractivity contribution in [3.05, 3.63) is 42.4 Å². The minimum absolute atomic E-state index is 0.0329. The van der Waals surface area contributed by atoms with Gasteiger partial charge in [-0.1, -0.05) is 0 Å². The van der Waals surface area contributed by atoms with Gasteiger partial charge in [0.1, 0.15) is 22.9 Å². The summed E-state index contributed by atoms with van der Waals surface area (Å²) in [5, 5.41) is 10.9. The molecule has 0 atom stereocenters. The molecule has 4 N–H and O–H groups in total. The van der Waals surface area contributed by atoms with Gasteiger partial charge >= 0.3 is 6.03 Å². The van der Waals surface area contributed by atoms with E-state index in [0.717, 1.165) is 25.9 Å². The lowest BCUT2D eigenvalue weighted by Gasteiger charge is -2.21. The van der Waals surface area contributed by atoms with Crippen molar-refractivity contribution in [3.63, 3.8) is 0 Å². The maximum absolute atomic E-state index is 12.3. The highest BCUT2D eigenvalue weighted by molar-refractivity contribution is 6.03. The molecule has 1 saturated heterocycles. The minimum atomic E-state index is -1.14. The first-order valence-corrected chi connectivity index (χ1v) is 11.0. The largest absolute Gasteiger partial charge is 0.456 e. The second kappa shape index (κ2) is 11.5. The molecule has 1 fully saturated rings. The number of urea groups is 1. The number of hydrogen-bond acceptors (Lipinski definition) is 8. The van der Waals surface area contributed by atoms with Crippen LogP contribution in [0.2, 0.25) is 0 Å². The van der Waals surface area contributed by atoms with Gasteiger partial charge in [0.2, 0.25) is 5.91 Å². The molecule has 4 amide bonds. The number of piperidine rings is 1. The van der Waals surface area contributed by atoms with Crippen LogP contribution in [0.15, 0.2) is 36.7 Å². The molecule has 2 aromatic rings. The molecule has 0 bridgehead atoms. The fraction of sp³-hybridized carbons (Fsp3) is 0.435. The van der Waals surface area contributed by atoms with Gasteiger partial charge in [0, 0.05) is 25.3 Å². The summed E-state index contributed by atoms with van der Waals surface area (Å²) in [4.78, 5) is 44.7. The van der Waals surface area contributed by atoms with E-state index in [0.29, 0.717) is 23.7 Å². The zero-order valence-electron chi connectivity index (χ0n) is 19.5. The molecule has 0 unspecified atom stereocenters. The Labute approximate surface area is 198 Å². The van der Waals surface area contributed by atoms with Gasteiger partial charge in [0.25, 0.3) is 5.91 Å². The molecule has 11 heteroatoms. The quantitative estimate of drug-likeness (QED) is 0.458. The monoisotopic (exact) mass is 470 g/mol. The van der Waals surface area contributed by atoms with Crippen LogP contribution in [0.5, 0.6) is 11.5 Å². The zero-order valence-corrected chi connectivity index (χ0v) is 19.5. The summed E-state index contributed by atoms with van der Waals surface area (Å²) in [6, 6.07) is 5.89. The Morgan fingerprint density at radius 1 is 1.12 bits per heavy atom. The second-order valence-corrected chi connectivity index (χ2v) is 8.33. The SMILES string of the molecule is COC(C)(C)C(=O)NC(=O)Nc1ccc(Oc2ccnc(CNC(=O)C3CCNCC3)c2)cn1. The molecule has 0 radical (unpaired) electrons. The maximum Gasteiger partial charge on any atom is 0.327 e. The minimum Gasteiger partial charge on any atom is -0.456 e. The van der Waals surface area contributed by atoms with Crippen LogP contribution < -0.4 is 26.0 Å². The number of carbonyl (C=O) groups is 3. The number of anilines is 1. The molecule has 0 aliphatic carbocycles. The van der Waals surface area contributed by atoms with Crippen LogP contribution in [0.3, 0.4) is 0 Å². The van der Waals surface area contributed by atoms with E-state index >= 15 is 0 Å². The third-order valence-electron chi connectivity index (χ3n) is 5.44. The number of nitrogens with zero attached hydrogens (tertiary/aromatic N) is 2. The molecule has 2 aromatic heterocycles. The first-order chi connectivity index (χ1) is 16.3. The van der Waals surface area contributed by atoms with E-state index in [2.05, 4.69) is 31.2 Å². The molecule has 11 nitrogen and oxygen atoms in total. The summed E-state index contributed by atoms with van der Waals surface area (Å²) in [5.74, 6) is 0.716. The van der Waals surface area contributed by atoms with Gasteiger partial charge in [-0.25, -0.2) is 9.78 Å². The van der Waals surface area contributed by atoms with Crippen LogP contribution >= 0.6 is 0 Å². The highest BCUT2D eigenvalue weighted by atomic mass is 16.5. The summed E-state index contributed by atoms with van der Waals surface area (Å²) in [5.41, 5.74) is -0.464. The predicted octanol–water partition coefficient (Wildman–Crippen LogP) is 1.96. The number of imide groups is 1. The Balaban J connectivity index is 1.50. The molecule has 34 heavy (non-hydrogen) atoms. The normalized spacial score (nSPS) is 14.2. The number of nitrogens with one attached hydrogen (secondary N) is 4. The van der Waals surface area contributed by atoms with Gasteiger partial charge in [0.05, 0.1) is 18.4 Å². The Morgan fingerprint density at radius 3 is 2.56 bits per heavy atom. The summed E-state index contributed by atoms with van der Waals surface area (Å²) in [7, 11) is 1.38.